The first-order valence-corrected chi connectivity index (χ1v) is 34.3. The van der Waals surface area contributed by atoms with Gasteiger partial charge in [0.25, 0.3) is 0 Å². The predicted octanol–water partition coefficient (Wildman–Crippen LogP) is 16.6. The van der Waals surface area contributed by atoms with Crippen molar-refractivity contribution in [2.75, 3.05) is 138 Å². The van der Waals surface area contributed by atoms with Gasteiger partial charge in [-0.1, -0.05) is 194 Å². The number of hydrogen-bond acceptors (Lipinski definition) is 15. The SMILES string of the molecule is CCCCCCCCCCCCOc1cc(CN/C=C(/COCCOCCOCCOCCOCCOCCOCCOCCP(C)(=O)F)N=N)cc(OCCCCCCCCCCCC)c1OCCCCCCCCCCCC. The summed E-state index contributed by atoms with van der Waals surface area (Å²) in [5.41, 5.74) is 9.28. The first kappa shape index (κ1) is 75.6. The number of hydrogen-bond donors (Lipinski definition) is 2. The van der Waals surface area contributed by atoms with E-state index in [1.165, 1.54) is 154 Å². The minimum absolute atomic E-state index is 0.0713. The highest BCUT2D eigenvalue weighted by molar-refractivity contribution is 7.57. The predicted molar refractivity (Wildman–Crippen MR) is 325 cm³/mol. The van der Waals surface area contributed by atoms with E-state index in [9.17, 15) is 8.76 Å². The van der Waals surface area contributed by atoms with E-state index in [1.54, 1.807) is 6.20 Å². The molecule has 1 aromatic carbocycles. The Morgan fingerprint density at radius 3 is 1.04 bits per heavy atom. The van der Waals surface area contributed by atoms with Crippen molar-refractivity contribution in [3.8, 4) is 17.2 Å². The summed E-state index contributed by atoms with van der Waals surface area (Å²) in [7, 11) is -3.52. The lowest BCUT2D eigenvalue weighted by molar-refractivity contribution is -0.0224. The van der Waals surface area contributed by atoms with Crippen molar-refractivity contribution in [1.82, 2.24) is 5.32 Å². The Morgan fingerprint density at radius 1 is 0.438 bits per heavy atom. The third-order valence-electron chi connectivity index (χ3n) is 13.5. The number of benzene rings is 1. The van der Waals surface area contributed by atoms with Crippen LogP contribution in [0.4, 0.5) is 4.20 Å². The minimum Gasteiger partial charge on any atom is -0.490 e. The number of nitrogens with one attached hydrogen (secondary N) is 2. The molecule has 2 N–H and O–H groups in total. The molecule has 15 nitrogen and oxygen atoms in total. The first-order valence-electron chi connectivity index (χ1n) is 32.1. The van der Waals surface area contributed by atoms with Crippen molar-refractivity contribution in [2.24, 2.45) is 5.11 Å². The topological polar surface area (TPSA) is 167 Å². The van der Waals surface area contributed by atoms with Gasteiger partial charge in [-0.15, -0.1) is 0 Å². The lowest BCUT2D eigenvalue weighted by Gasteiger charge is -2.19. The van der Waals surface area contributed by atoms with Crippen LogP contribution in [0.5, 0.6) is 17.2 Å². The fourth-order valence-electron chi connectivity index (χ4n) is 8.73. The van der Waals surface area contributed by atoms with Crippen LogP contribution in [0.25, 0.3) is 0 Å². The Morgan fingerprint density at radius 2 is 0.725 bits per heavy atom. The third kappa shape index (κ3) is 52.4. The average molecular weight is 1160 g/mol. The van der Waals surface area contributed by atoms with E-state index in [0.717, 1.165) is 68.0 Å². The number of unbranched alkanes of at least 4 members (excludes halogenated alkanes) is 27. The molecule has 0 aliphatic rings. The molecule has 0 saturated carbocycles. The van der Waals surface area contributed by atoms with Crippen LogP contribution in [0.2, 0.25) is 0 Å². The highest BCUT2D eigenvalue weighted by Gasteiger charge is 2.17. The molecule has 1 atom stereocenters. The molecule has 1 aromatic rings. The van der Waals surface area contributed by atoms with Gasteiger partial charge in [0, 0.05) is 19.4 Å². The summed E-state index contributed by atoms with van der Waals surface area (Å²) in [6.45, 7) is 16.5. The van der Waals surface area contributed by atoms with E-state index in [1.807, 2.05) is 0 Å². The minimum atomic E-state index is -3.52. The molecule has 470 valence electrons. The Balaban J connectivity index is 2.58. The van der Waals surface area contributed by atoms with Crippen molar-refractivity contribution >= 4 is 7.45 Å². The molecule has 0 spiro atoms. The van der Waals surface area contributed by atoms with Gasteiger partial charge in [0.2, 0.25) is 13.2 Å². The average Bonchev–Trinajstić information content (AvgIpc) is 3.45. The zero-order valence-corrected chi connectivity index (χ0v) is 52.4. The van der Waals surface area contributed by atoms with Gasteiger partial charge in [-0.25, -0.2) is 5.53 Å². The number of nitrogens with zero attached hydrogens (tertiary/aromatic N) is 1. The zero-order valence-electron chi connectivity index (χ0n) is 51.5. The molecule has 17 heteroatoms. The Kier molecular flexibility index (Phi) is 56.5. The van der Waals surface area contributed by atoms with Gasteiger partial charge in [-0.2, -0.15) is 9.31 Å². The Labute approximate surface area is 487 Å². The van der Waals surface area contributed by atoms with Gasteiger partial charge in [0.15, 0.2) is 11.5 Å². The van der Waals surface area contributed by atoms with Crippen molar-refractivity contribution in [1.29, 1.82) is 5.53 Å². The van der Waals surface area contributed by atoms with Gasteiger partial charge in [-0.3, -0.25) is 4.57 Å². The molecule has 0 heterocycles. The maximum atomic E-state index is 13.0. The number of ether oxygens (including phenoxy) is 11. The lowest BCUT2D eigenvalue weighted by atomic mass is 10.1. The van der Waals surface area contributed by atoms with Crippen molar-refractivity contribution in [3.05, 3.63) is 29.6 Å². The smallest absolute Gasteiger partial charge is 0.243 e. The van der Waals surface area contributed by atoms with Crippen molar-refractivity contribution in [3.63, 3.8) is 0 Å². The molecule has 0 amide bonds. The maximum Gasteiger partial charge on any atom is 0.243 e. The summed E-state index contributed by atoms with van der Waals surface area (Å²) in [4.78, 5) is 0. The normalized spacial score (nSPS) is 12.5. The Hall–Kier alpha value is -2.40. The fraction of sp³-hybridized carbons (Fsp3) is 0.873. The quantitative estimate of drug-likeness (QED) is 0.0360. The van der Waals surface area contributed by atoms with E-state index in [0.29, 0.717) is 125 Å². The standard InChI is InChI=1S/C63H119FN3O12P/c1-5-8-11-14-17-20-23-26-29-32-35-77-61-54-59(55-62(78-36-33-30-27-24-21-18-15-12-9-6-2)63(61)79-37-34-31-28-25-22-19-16-13-10-7-3)56-66-57-60(67-65)58-76-51-50-74-47-46-72-43-42-70-39-38-69-40-41-71-44-45-73-48-49-75-52-53-80(4,64)68/h54-55,57,65-66H,5-53,56,58H2,1-4H3/b60-57-,67-65?. The summed E-state index contributed by atoms with van der Waals surface area (Å²) in [6.07, 6.45) is 39.9. The van der Waals surface area contributed by atoms with Gasteiger partial charge >= 0.3 is 0 Å². The third-order valence-corrected chi connectivity index (χ3v) is 14.5. The monoisotopic (exact) mass is 1160 g/mol. The highest BCUT2D eigenvalue weighted by Crippen LogP contribution is 2.42. The molecule has 0 bridgehead atoms. The molecule has 0 radical (unpaired) electrons. The summed E-state index contributed by atoms with van der Waals surface area (Å²) in [5, 5.41) is 7.08. The molecule has 0 saturated heterocycles. The lowest BCUT2D eigenvalue weighted by Crippen LogP contribution is -2.15. The second-order valence-electron chi connectivity index (χ2n) is 21.2. The van der Waals surface area contributed by atoms with E-state index in [-0.39, 0.29) is 19.4 Å². The molecule has 0 fully saturated rings. The molecule has 1 rings (SSSR count). The number of rotatable bonds is 66. The van der Waals surface area contributed by atoms with Crippen molar-refractivity contribution in [2.45, 2.75) is 220 Å². The highest BCUT2D eigenvalue weighted by atomic mass is 31.2. The summed E-state index contributed by atoms with van der Waals surface area (Å²) in [5.74, 6) is 2.21. The van der Waals surface area contributed by atoms with E-state index < -0.39 is 7.45 Å². The van der Waals surface area contributed by atoms with Crippen molar-refractivity contribution < 1.29 is 60.9 Å². The molecular formula is C63H119FN3O12P. The second-order valence-corrected chi connectivity index (χ2v) is 23.6. The van der Waals surface area contributed by atoms with Crippen LogP contribution >= 0.6 is 7.45 Å². The van der Waals surface area contributed by atoms with E-state index >= 15 is 0 Å². The van der Waals surface area contributed by atoms with Crippen LogP contribution in [0.1, 0.15) is 219 Å². The fourth-order valence-corrected chi connectivity index (χ4v) is 9.19. The van der Waals surface area contributed by atoms with Gasteiger partial charge in [0.1, 0.15) is 5.70 Å². The maximum absolute atomic E-state index is 13.0. The van der Waals surface area contributed by atoms with Gasteiger partial charge < -0.3 is 57.4 Å². The molecule has 0 aliphatic carbocycles. The molecule has 0 aromatic heterocycles. The Bertz CT molecular complexity index is 1520. The molecule has 80 heavy (non-hydrogen) atoms. The molecule has 1 unspecified atom stereocenters. The van der Waals surface area contributed by atoms with E-state index in [2.05, 4.69) is 43.3 Å². The molecular weight excluding hydrogens is 1040 g/mol. The van der Waals surface area contributed by atoms with Crippen LogP contribution in [0, 0.1) is 5.53 Å². The first-order chi connectivity index (χ1) is 39.3. The van der Waals surface area contributed by atoms with E-state index in [4.69, 9.17) is 57.6 Å². The zero-order chi connectivity index (χ0) is 57.8. The largest absolute Gasteiger partial charge is 0.490 e. The van der Waals surface area contributed by atoms with Crippen LogP contribution in [-0.4, -0.2) is 138 Å². The summed E-state index contributed by atoms with van der Waals surface area (Å²) in [6, 6.07) is 4.18. The van der Waals surface area contributed by atoms with Crippen LogP contribution in [0.3, 0.4) is 0 Å². The molecule has 0 aliphatic heterocycles. The van der Waals surface area contributed by atoms with Gasteiger partial charge in [-0.05, 0) is 37.0 Å². The number of halogens is 1. The summed E-state index contributed by atoms with van der Waals surface area (Å²) >= 11 is 0. The van der Waals surface area contributed by atoms with Gasteiger partial charge in [0.05, 0.1) is 132 Å². The van der Waals surface area contributed by atoms with Crippen LogP contribution in [0.15, 0.2) is 29.1 Å². The summed E-state index contributed by atoms with van der Waals surface area (Å²) < 4.78 is 87.9. The second kappa shape index (κ2) is 59.7. The van der Waals surface area contributed by atoms with Crippen LogP contribution < -0.4 is 19.5 Å². The van der Waals surface area contributed by atoms with Crippen LogP contribution in [-0.2, 0) is 49.0 Å².